The minimum atomic E-state index is -0.333. The molecular formula is C15H17FN2O. The average Bonchev–Trinajstić information content (AvgIpc) is 2.43. The number of halogens is 1. The summed E-state index contributed by atoms with van der Waals surface area (Å²) in [7, 11) is 0. The summed E-state index contributed by atoms with van der Waals surface area (Å²) in [5, 5.41) is 0. The van der Waals surface area contributed by atoms with Gasteiger partial charge < -0.3 is 10.5 Å². The standard InChI is InChI=1S/C15H17FN2O/c16-14-11-13(3-7-17)1-2-15(14)19-10-6-12-4-8-18-9-5-12/h1-2,4-5,8-9,11H,3,6-7,10,17H2. The molecule has 0 aliphatic rings. The third-order valence-electron chi connectivity index (χ3n) is 2.83. The molecule has 0 aliphatic heterocycles. The fourth-order valence-electron chi connectivity index (χ4n) is 1.81. The molecule has 1 aromatic heterocycles. The van der Waals surface area contributed by atoms with Crippen LogP contribution in [0.5, 0.6) is 5.75 Å². The molecule has 0 bridgehead atoms. The first kappa shape index (κ1) is 13.5. The van der Waals surface area contributed by atoms with Gasteiger partial charge in [0.15, 0.2) is 11.6 Å². The van der Waals surface area contributed by atoms with E-state index in [4.69, 9.17) is 10.5 Å². The van der Waals surface area contributed by atoms with Gasteiger partial charge in [0.2, 0.25) is 0 Å². The number of ether oxygens (including phenoxy) is 1. The summed E-state index contributed by atoms with van der Waals surface area (Å²) in [5.41, 5.74) is 7.45. The molecule has 0 amide bonds. The number of rotatable bonds is 6. The predicted molar refractivity (Wildman–Crippen MR) is 72.6 cm³/mol. The van der Waals surface area contributed by atoms with Gasteiger partial charge in [-0.1, -0.05) is 6.07 Å². The van der Waals surface area contributed by atoms with E-state index in [1.165, 1.54) is 6.07 Å². The van der Waals surface area contributed by atoms with Gasteiger partial charge in [0.05, 0.1) is 6.61 Å². The molecule has 2 N–H and O–H groups in total. The van der Waals surface area contributed by atoms with Gasteiger partial charge in [0, 0.05) is 18.8 Å². The smallest absolute Gasteiger partial charge is 0.165 e. The minimum Gasteiger partial charge on any atom is -0.490 e. The van der Waals surface area contributed by atoms with Crippen LogP contribution in [0.25, 0.3) is 0 Å². The Morgan fingerprint density at radius 2 is 1.84 bits per heavy atom. The third kappa shape index (κ3) is 4.03. The molecule has 0 spiro atoms. The van der Waals surface area contributed by atoms with Crippen molar-refractivity contribution in [3.05, 3.63) is 59.7 Å². The molecule has 0 saturated carbocycles. The molecule has 0 aliphatic carbocycles. The lowest BCUT2D eigenvalue weighted by molar-refractivity contribution is 0.305. The highest BCUT2D eigenvalue weighted by atomic mass is 19.1. The van der Waals surface area contributed by atoms with Crippen LogP contribution in [-0.4, -0.2) is 18.1 Å². The summed E-state index contributed by atoms with van der Waals surface area (Å²) < 4.78 is 19.2. The van der Waals surface area contributed by atoms with E-state index >= 15 is 0 Å². The Balaban J connectivity index is 1.89. The Morgan fingerprint density at radius 1 is 1.05 bits per heavy atom. The van der Waals surface area contributed by atoms with E-state index in [0.717, 1.165) is 17.5 Å². The van der Waals surface area contributed by atoms with Crippen LogP contribution < -0.4 is 10.5 Å². The van der Waals surface area contributed by atoms with Crippen molar-refractivity contribution in [3.8, 4) is 5.75 Å². The van der Waals surface area contributed by atoms with Gasteiger partial charge in [-0.15, -0.1) is 0 Å². The normalized spacial score (nSPS) is 10.4. The van der Waals surface area contributed by atoms with Crippen molar-refractivity contribution in [2.45, 2.75) is 12.8 Å². The summed E-state index contributed by atoms with van der Waals surface area (Å²) in [6.45, 7) is 0.957. The summed E-state index contributed by atoms with van der Waals surface area (Å²) in [6.07, 6.45) is 4.87. The zero-order valence-electron chi connectivity index (χ0n) is 10.7. The van der Waals surface area contributed by atoms with Crippen molar-refractivity contribution >= 4 is 0 Å². The molecule has 2 aromatic rings. The lowest BCUT2D eigenvalue weighted by atomic mass is 10.1. The Labute approximate surface area is 112 Å². The quantitative estimate of drug-likeness (QED) is 0.867. The monoisotopic (exact) mass is 260 g/mol. The van der Waals surface area contributed by atoms with Gasteiger partial charge in [0.1, 0.15) is 0 Å². The molecule has 1 heterocycles. The van der Waals surface area contributed by atoms with Crippen molar-refractivity contribution in [2.75, 3.05) is 13.2 Å². The molecule has 19 heavy (non-hydrogen) atoms. The molecule has 100 valence electrons. The van der Waals surface area contributed by atoms with E-state index in [2.05, 4.69) is 4.98 Å². The fraction of sp³-hybridized carbons (Fsp3) is 0.267. The zero-order chi connectivity index (χ0) is 13.5. The lowest BCUT2D eigenvalue weighted by Gasteiger charge is -2.08. The molecule has 0 saturated heterocycles. The zero-order valence-corrected chi connectivity index (χ0v) is 10.7. The van der Waals surface area contributed by atoms with E-state index < -0.39 is 0 Å². The number of pyridine rings is 1. The van der Waals surface area contributed by atoms with Gasteiger partial charge in [-0.25, -0.2) is 4.39 Å². The SMILES string of the molecule is NCCc1ccc(OCCc2ccncc2)c(F)c1. The number of nitrogens with zero attached hydrogens (tertiary/aromatic N) is 1. The number of hydrogen-bond donors (Lipinski definition) is 1. The van der Waals surface area contributed by atoms with Gasteiger partial charge in [0.25, 0.3) is 0 Å². The van der Waals surface area contributed by atoms with Crippen LogP contribution in [0.4, 0.5) is 4.39 Å². The van der Waals surface area contributed by atoms with E-state index in [9.17, 15) is 4.39 Å². The largest absolute Gasteiger partial charge is 0.490 e. The summed E-state index contributed by atoms with van der Waals surface area (Å²) in [6, 6.07) is 8.83. The summed E-state index contributed by atoms with van der Waals surface area (Å²) >= 11 is 0. The summed E-state index contributed by atoms with van der Waals surface area (Å²) in [4.78, 5) is 3.94. The highest BCUT2D eigenvalue weighted by Gasteiger charge is 2.04. The molecule has 0 unspecified atom stereocenters. The fourth-order valence-corrected chi connectivity index (χ4v) is 1.81. The first-order valence-corrected chi connectivity index (χ1v) is 6.30. The van der Waals surface area contributed by atoms with Crippen molar-refractivity contribution in [3.63, 3.8) is 0 Å². The first-order valence-electron chi connectivity index (χ1n) is 6.30. The number of aromatic nitrogens is 1. The van der Waals surface area contributed by atoms with E-state index in [1.54, 1.807) is 18.5 Å². The number of benzene rings is 1. The van der Waals surface area contributed by atoms with Crippen LogP contribution in [0, 0.1) is 5.82 Å². The topological polar surface area (TPSA) is 48.1 Å². The van der Waals surface area contributed by atoms with Crippen molar-refractivity contribution in [1.82, 2.24) is 4.98 Å². The second kappa shape index (κ2) is 6.85. The van der Waals surface area contributed by atoms with Crippen LogP contribution >= 0.6 is 0 Å². The third-order valence-corrected chi connectivity index (χ3v) is 2.83. The molecule has 0 atom stereocenters. The summed E-state index contributed by atoms with van der Waals surface area (Å²) in [5.74, 6) is -0.0458. The molecule has 1 aromatic carbocycles. The van der Waals surface area contributed by atoms with E-state index in [0.29, 0.717) is 19.6 Å². The van der Waals surface area contributed by atoms with Crippen molar-refractivity contribution < 1.29 is 9.13 Å². The molecule has 2 rings (SSSR count). The molecule has 0 fully saturated rings. The van der Waals surface area contributed by atoms with Crippen LogP contribution in [0.15, 0.2) is 42.7 Å². The van der Waals surface area contributed by atoms with Gasteiger partial charge in [-0.2, -0.15) is 0 Å². The van der Waals surface area contributed by atoms with Crippen LogP contribution in [0.2, 0.25) is 0 Å². The van der Waals surface area contributed by atoms with Crippen molar-refractivity contribution in [1.29, 1.82) is 0 Å². The van der Waals surface area contributed by atoms with Gasteiger partial charge >= 0.3 is 0 Å². The minimum absolute atomic E-state index is 0.287. The average molecular weight is 260 g/mol. The molecule has 3 nitrogen and oxygen atoms in total. The second-order valence-electron chi connectivity index (χ2n) is 4.26. The highest BCUT2D eigenvalue weighted by molar-refractivity contribution is 5.29. The molecule has 4 heteroatoms. The number of nitrogens with two attached hydrogens (primary N) is 1. The Hall–Kier alpha value is -1.94. The van der Waals surface area contributed by atoms with Gasteiger partial charge in [-0.3, -0.25) is 4.98 Å². The Bertz CT molecular complexity index is 517. The van der Waals surface area contributed by atoms with Crippen LogP contribution in [0.3, 0.4) is 0 Å². The van der Waals surface area contributed by atoms with E-state index in [1.807, 2.05) is 18.2 Å². The molecule has 0 radical (unpaired) electrons. The second-order valence-corrected chi connectivity index (χ2v) is 4.26. The van der Waals surface area contributed by atoms with E-state index in [-0.39, 0.29) is 11.6 Å². The van der Waals surface area contributed by atoms with Crippen LogP contribution in [-0.2, 0) is 12.8 Å². The lowest BCUT2D eigenvalue weighted by Crippen LogP contribution is -2.05. The van der Waals surface area contributed by atoms with Crippen molar-refractivity contribution in [2.24, 2.45) is 5.73 Å². The first-order chi connectivity index (χ1) is 9.29. The molecular weight excluding hydrogens is 243 g/mol. The Kier molecular flexibility index (Phi) is 4.86. The maximum Gasteiger partial charge on any atom is 0.165 e. The number of hydrogen-bond acceptors (Lipinski definition) is 3. The Morgan fingerprint density at radius 3 is 2.53 bits per heavy atom. The van der Waals surface area contributed by atoms with Crippen LogP contribution in [0.1, 0.15) is 11.1 Å². The highest BCUT2D eigenvalue weighted by Crippen LogP contribution is 2.18. The van der Waals surface area contributed by atoms with Gasteiger partial charge in [-0.05, 0) is 48.4 Å². The maximum atomic E-state index is 13.7. The predicted octanol–water partition coefficient (Wildman–Crippen LogP) is 2.34. The maximum absolute atomic E-state index is 13.7.